The van der Waals surface area contributed by atoms with E-state index >= 15 is 0 Å². The quantitative estimate of drug-likeness (QED) is 0.792. The van der Waals surface area contributed by atoms with Crippen LogP contribution in [0, 0.1) is 0 Å². The lowest BCUT2D eigenvalue weighted by Gasteiger charge is -2.33. The van der Waals surface area contributed by atoms with Gasteiger partial charge in [-0.2, -0.15) is 0 Å². The summed E-state index contributed by atoms with van der Waals surface area (Å²) in [5.74, 6) is 0.663. The topological polar surface area (TPSA) is 87.8 Å². The van der Waals surface area contributed by atoms with Crippen molar-refractivity contribution in [2.75, 3.05) is 39.3 Å². The van der Waals surface area contributed by atoms with Gasteiger partial charge in [0.05, 0.1) is 13.1 Å². The fourth-order valence-electron chi connectivity index (χ4n) is 3.06. The number of furan rings is 1. The maximum atomic E-state index is 12.6. The smallest absolute Gasteiger partial charge is 0.289 e. The number of piperazine rings is 1. The van der Waals surface area contributed by atoms with Crippen molar-refractivity contribution in [2.24, 2.45) is 0 Å². The molecule has 27 heavy (non-hydrogen) atoms. The molecule has 8 heteroatoms. The van der Waals surface area contributed by atoms with Crippen LogP contribution in [0.5, 0.6) is 0 Å². The van der Waals surface area contributed by atoms with E-state index in [0.717, 1.165) is 0 Å². The summed E-state index contributed by atoms with van der Waals surface area (Å²) in [7, 11) is 0. The van der Waals surface area contributed by atoms with Crippen LogP contribution >= 0.6 is 0 Å². The Kier molecular flexibility index (Phi) is 6.08. The van der Waals surface area contributed by atoms with Crippen molar-refractivity contribution in [3.05, 3.63) is 58.4 Å². The molecular weight excluding hydrogens is 348 g/mol. The van der Waals surface area contributed by atoms with Crippen molar-refractivity contribution in [1.29, 1.82) is 0 Å². The predicted molar refractivity (Wildman–Crippen MR) is 99.5 cm³/mol. The summed E-state index contributed by atoms with van der Waals surface area (Å²) in [4.78, 5) is 39.8. The third kappa shape index (κ3) is 4.85. The molecule has 1 aliphatic heterocycles. The van der Waals surface area contributed by atoms with Crippen molar-refractivity contribution >= 4 is 11.8 Å². The van der Waals surface area contributed by atoms with Crippen LogP contribution < -0.4 is 10.9 Å². The first-order valence-electron chi connectivity index (χ1n) is 9.09. The monoisotopic (exact) mass is 372 g/mol. The number of carbonyl (C=O) groups is 2. The zero-order valence-electron chi connectivity index (χ0n) is 15.4. The standard InChI is InChI=1S/C19H24N4O4/c1-2-20-17(24)14-21-9-11-22(12-10-21)19(26)16-7-6-15(27-16)13-23-8-4-3-5-18(23)25/h3-8H,2,9-14H2,1H3,(H,20,24). The summed E-state index contributed by atoms with van der Waals surface area (Å²) in [6.45, 7) is 5.54. The third-order valence-electron chi connectivity index (χ3n) is 4.50. The van der Waals surface area contributed by atoms with Crippen molar-refractivity contribution in [2.45, 2.75) is 13.5 Å². The van der Waals surface area contributed by atoms with Gasteiger partial charge in [0.1, 0.15) is 5.76 Å². The van der Waals surface area contributed by atoms with E-state index in [1.165, 1.54) is 10.6 Å². The second-order valence-corrected chi connectivity index (χ2v) is 6.45. The maximum Gasteiger partial charge on any atom is 0.289 e. The summed E-state index contributed by atoms with van der Waals surface area (Å²) in [5, 5.41) is 2.78. The highest BCUT2D eigenvalue weighted by molar-refractivity contribution is 5.91. The molecule has 8 nitrogen and oxygen atoms in total. The molecule has 2 amide bonds. The second kappa shape index (κ2) is 8.68. The number of carbonyl (C=O) groups excluding carboxylic acids is 2. The van der Waals surface area contributed by atoms with E-state index in [4.69, 9.17) is 4.42 Å². The van der Waals surface area contributed by atoms with Gasteiger partial charge >= 0.3 is 0 Å². The normalized spacial score (nSPS) is 14.9. The van der Waals surface area contributed by atoms with E-state index in [0.29, 0.717) is 45.0 Å². The van der Waals surface area contributed by atoms with Crippen molar-refractivity contribution in [3.63, 3.8) is 0 Å². The SMILES string of the molecule is CCNC(=O)CN1CCN(C(=O)c2ccc(Cn3ccccc3=O)o2)CC1. The Morgan fingerprint density at radius 2 is 1.89 bits per heavy atom. The van der Waals surface area contributed by atoms with Gasteiger partial charge in [0.25, 0.3) is 11.5 Å². The Hall–Kier alpha value is -2.87. The molecule has 3 rings (SSSR count). The van der Waals surface area contributed by atoms with Crippen LogP contribution in [0.15, 0.2) is 45.7 Å². The molecule has 1 fully saturated rings. The molecule has 144 valence electrons. The number of hydrogen-bond acceptors (Lipinski definition) is 5. The maximum absolute atomic E-state index is 12.6. The van der Waals surface area contributed by atoms with Crippen LogP contribution in [-0.4, -0.2) is 65.4 Å². The minimum Gasteiger partial charge on any atom is -0.454 e. The number of likely N-dealkylation sites (N-methyl/N-ethyl adjacent to an activating group) is 1. The van der Waals surface area contributed by atoms with Crippen LogP contribution in [-0.2, 0) is 11.3 Å². The van der Waals surface area contributed by atoms with Crippen LogP contribution in [0.25, 0.3) is 0 Å². The Morgan fingerprint density at radius 1 is 1.11 bits per heavy atom. The zero-order valence-corrected chi connectivity index (χ0v) is 15.4. The lowest BCUT2D eigenvalue weighted by molar-refractivity contribution is -0.122. The Labute approximate surface area is 157 Å². The van der Waals surface area contributed by atoms with Crippen molar-refractivity contribution < 1.29 is 14.0 Å². The summed E-state index contributed by atoms with van der Waals surface area (Å²) < 4.78 is 7.17. The Bertz CT molecular complexity index is 849. The highest BCUT2D eigenvalue weighted by Crippen LogP contribution is 2.13. The van der Waals surface area contributed by atoms with Crippen LogP contribution in [0.3, 0.4) is 0 Å². The fraction of sp³-hybridized carbons (Fsp3) is 0.421. The molecule has 0 saturated carbocycles. The summed E-state index contributed by atoms with van der Waals surface area (Å²) in [6, 6.07) is 8.30. The molecule has 1 saturated heterocycles. The molecule has 0 bridgehead atoms. The summed E-state index contributed by atoms with van der Waals surface area (Å²) in [5.41, 5.74) is -0.120. The molecule has 2 aromatic heterocycles. The van der Waals surface area contributed by atoms with Crippen molar-refractivity contribution in [1.82, 2.24) is 19.7 Å². The molecule has 0 spiro atoms. The molecular formula is C19H24N4O4. The van der Waals surface area contributed by atoms with Crippen LogP contribution in [0.4, 0.5) is 0 Å². The van der Waals surface area contributed by atoms with Gasteiger partial charge in [-0.25, -0.2) is 0 Å². The summed E-state index contributed by atoms with van der Waals surface area (Å²) >= 11 is 0. The largest absolute Gasteiger partial charge is 0.454 e. The van der Waals surface area contributed by atoms with Crippen molar-refractivity contribution in [3.8, 4) is 0 Å². The molecule has 1 N–H and O–H groups in total. The fourth-order valence-corrected chi connectivity index (χ4v) is 3.06. The number of pyridine rings is 1. The van der Waals surface area contributed by atoms with Gasteiger partial charge in [0.15, 0.2) is 5.76 Å². The molecule has 0 aliphatic carbocycles. The number of nitrogens with one attached hydrogen (secondary N) is 1. The summed E-state index contributed by atoms with van der Waals surface area (Å²) in [6.07, 6.45) is 1.68. The lowest BCUT2D eigenvalue weighted by atomic mass is 10.3. The molecule has 3 heterocycles. The number of nitrogens with zero attached hydrogens (tertiary/aromatic N) is 3. The highest BCUT2D eigenvalue weighted by atomic mass is 16.4. The van der Waals surface area contributed by atoms with E-state index in [1.54, 1.807) is 35.4 Å². The van der Waals surface area contributed by atoms with Gasteiger partial charge < -0.3 is 19.2 Å². The molecule has 2 aromatic rings. The minimum absolute atomic E-state index is 0.00380. The van der Waals surface area contributed by atoms with Gasteiger partial charge in [-0.05, 0) is 25.1 Å². The molecule has 0 radical (unpaired) electrons. The predicted octanol–water partition coefficient (Wildman–Crippen LogP) is 0.384. The van der Waals surface area contributed by atoms with E-state index < -0.39 is 0 Å². The first-order chi connectivity index (χ1) is 13.1. The zero-order chi connectivity index (χ0) is 19.2. The average Bonchev–Trinajstić information content (AvgIpc) is 3.12. The molecule has 0 unspecified atom stereocenters. The Morgan fingerprint density at radius 3 is 2.59 bits per heavy atom. The van der Waals surface area contributed by atoms with E-state index in [1.807, 2.05) is 11.8 Å². The average molecular weight is 372 g/mol. The van der Waals surface area contributed by atoms with E-state index in [9.17, 15) is 14.4 Å². The molecule has 0 atom stereocenters. The Balaban J connectivity index is 1.55. The van der Waals surface area contributed by atoms with Gasteiger partial charge in [-0.1, -0.05) is 6.07 Å². The first kappa shape index (κ1) is 18.9. The molecule has 1 aliphatic rings. The van der Waals surface area contributed by atoms with Crippen LogP contribution in [0.2, 0.25) is 0 Å². The number of amides is 2. The number of aromatic nitrogens is 1. The van der Waals surface area contributed by atoms with Gasteiger partial charge in [-0.3, -0.25) is 19.3 Å². The van der Waals surface area contributed by atoms with Gasteiger partial charge in [-0.15, -0.1) is 0 Å². The van der Waals surface area contributed by atoms with Gasteiger partial charge in [0.2, 0.25) is 5.91 Å². The third-order valence-corrected chi connectivity index (χ3v) is 4.50. The lowest BCUT2D eigenvalue weighted by Crippen LogP contribution is -2.51. The minimum atomic E-state index is -0.167. The van der Waals surface area contributed by atoms with Gasteiger partial charge in [0, 0.05) is 45.0 Å². The second-order valence-electron chi connectivity index (χ2n) is 6.45. The first-order valence-corrected chi connectivity index (χ1v) is 9.09. The number of rotatable bonds is 6. The van der Waals surface area contributed by atoms with E-state index in [-0.39, 0.29) is 29.7 Å². The molecule has 0 aromatic carbocycles. The van der Waals surface area contributed by atoms with E-state index in [2.05, 4.69) is 5.32 Å². The van der Waals surface area contributed by atoms with Crippen LogP contribution in [0.1, 0.15) is 23.2 Å². The highest BCUT2D eigenvalue weighted by Gasteiger charge is 2.25. The number of hydrogen-bond donors (Lipinski definition) is 1.